The summed E-state index contributed by atoms with van der Waals surface area (Å²) in [5, 5.41) is 0. The van der Waals surface area contributed by atoms with Gasteiger partial charge < -0.3 is 5.73 Å². The second-order valence-electron chi connectivity index (χ2n) is 6.21. The van der Waals surface area contributed by atoms with Crippen LogP contribution in [-0.2, 0) is 10.0 Å². The first kappa shape index (κ1) is 18.3. The molecule has 0 unspecified atom stereocenters. The van der Waals surface area contributed by atoms with Crippen molar-refractivity contribution >= 4 is 10.0 Å². The van der Waals surface area contributed by atoms with Gasteiger partial charge in [0.05, 0.1) is 17.0 Å². The molecule has 5 heteroatoms. The van der Waals surface area contributed by atoms with E-state index in [0.717, 1.165) is 11.1 Å². The Morgan fingerprint density at radius 3 is 1.85 bits per heavy atom. The third kappa shape index (κ3) is 4.02. The average molecular weight is 366 g/mol. The maximum Gasteiger partial charge on any atom is 0.241 e. The van der Waals surface area contributed by atoms with Gasteiger partial charge in [-0.15, -0.1) is 0 Å². The van der Waals surface area contributed by atoms with E-state index in [9.17, 15) is 8.42 Å². The SMILES string of the molecule is Cc1ccccc1S(=O)(=O)N[C@H](c1ccccc1)[C@H](N)c1ccccc1. The maximum absolute atomic E-state index is 13.0. The van der Waals surface area contributed by atoms with Gasteiger partial charge in [-0.05, 0) is 29.7 Å². The average Bonchev–Trinajstić information content (AvgIpc) is 2.67. The Kier molecular flexibility index (Phi) is 5.52. The van der Waals surface area contributed by atoms with Gasteiger partial charge in [0.15, 0.2) is 0 Å². The van der Waals surface area contributed by atoms with Crippen LogP contribution in [0.5, 0.6) is 0 Å². The van der Waals surface area contributed by atoms with Crippen LogP contribution in [0.2, 0.25) is 0 Å². The highest BCUT2D eigenvalue weighted by atomic mass is 32.2. The van der Waals surface area contributed by atoms with Crippen molar-refractivity contribution in [2.24, 2.45) is 5.73 Å². The molecule has 0 saturated carbocycles. The topological polar surface area (TPSA) is 72.2 Å². The second kappa shape index (κ2) is 7.83. The summed E-state index contributed by atoms with van der Waals surface area (Å²) >= 11 is 0. The highest BCUT2D eigenvalue weighted by Gasteiger charge is 2.28. The molecule has 0 aliphatic heterocycles. The van der Waals surface area contributed by atoms with Gasteiger partial charge in [-0.2, -0.15) is 0 Å². The van der Waals surface area contributed by atoms with E-state index in [-0.39, 0.29) is 4.90 Å². The minimum Gasteiger partial charge on any atom is -0.322 e. The van der Waals surface area contributed by atoms with Gasteiger partial charge in [0.25, 0.3) is 0 Å². The fraction of sp³-hybridized carbons (Fsp3) is 0.143. The number of hydrogen-bond donors (Lipinski definition) is 2. The predicted molar refractivity (Wildman–Crippen MR) is 104 cm³/mol. The van der Waals surface area contributed by atoms with Crippen LogP contribution < -0.4 is 10.5 Å². The van der Waals surface area contributed by atoms with Gasteiger partial charge in [-0.3, -0.25) is 0 Å². The zero-order valence-electron chi connectivity index (χ0n) is 14.5. The van der Waals surface area contributed by atoms with E-state index in [1.54, 1.807) is 25.1 Å². The number of nitrogens with two attached hydrogens (primary N) is 1. The predicted octanol–water partition coefficient (Wildman–Crippen LogP) is 3.71. The van der Waals surface area contributed by atoms with Crippen LogP contribution in [0.15, 0.2) is 89.8 Å². The van der Waals surface area contributed by atoms with Crippen molar-refractivity contribution in [1.82, 2.24) is 4.72 Å². The van der Waals surface area contributed by atoms with E-state index in [1.165, 1.54) is 0 Å². The Morgan fingerprint density at radius 1 is 0.769 bits per heavy atom. The molecular weight excluding hydrogens is 344 g/mol. The fourth-order valence-corrected chi connectivity index (χ4v) is 4.46. The summed E-state index contributed by atoms with van der Waals surface area (Å²) in [6.45, 7) is 1.78. The van der Waals surface area contributed by atoms with Crippen molar-refractivity contribution in [3.8, 4) is 0 Å². The number of rotatable bonds is 6. The molecule has 2 atom stereocenters. The smallest absolute Gasteiger partial charge is 0.241 e. The van der Waals surface area contributed by atoms with Crippen molar-refractivity contribution in [2.45, 2.75) is 23.9 Å². The van der Waals surface area contributed by atoms with Crippen LogP contribution in [-0.4, -0.2) is 8.42 Å². The quantitative estimate of drug-likeness (QED) is 0.698. The van der Waals surface area contributed by atoms with Crippen molar-refractivity contribution in [3.63, 3.8) is 0 Å². The monoisotopic (exact) mass is 366 g/mol. The number of nitrogens with one attached hydrogen (secondary N) is 1. The van der Waals surface area contributed by atoms with Gasteiger partial charge in [0.1, 0.15) is 0 Å². The number of hydrogen-bond acceptors (Lipinski definition) is 3. The first-order valence-electron chi connectivity index (χ1n) is 8.42. The minimum atomic E-state index is -3.72. The molecule has 0 aromatic heterocycles. The highest BCUT2D eigenvalue weighted by molar-refractivity contribution is 7.89. The maximum atomic E-state index is 13.0. The summed E-state index contributed by atoms with van der Waals surface area (Å²) in [5.41, 5.74) is 8.85. The lowest BCUT2D eigenvalue weighted by Crippen LogP contribution is -2.36. The molecule has 0 amide bonds. The van der Waals surface area contributed by atoms with Crippen LogP contribution >= 0.6 is 0 Å². The largest absolute Gasteiger partial charge is 0.322 e. The number of aryl methyl sites for hydroxylation is 1. The lowest BCUT2D eigenvalue weighted by Gasteiger charge is -2.26. The molecule has 0 heterocycles. The summed E-state index contributed by atoms with van der Waals surface area (Å²) in [7, 11) is -3.72. The lowest BCUT2D eigenvalue weighted by molar-refractivity contribution is 0.503. The van der Waals surface area contributed by atoms with Crippen molar-refractivity contribution in [2.75, 3.05) is 0 Å². The Bertz CT molecular complexity index is 958. The van der Waals surface area contributed by atoms with Gasteiger partial charge in [-0.25, -0.2) is 13.1 Å². The molecule has 0 aliphatic carbocycles. The Labute approximate surface area is 154 Å². The van der Waals surface area contributed by atoms with E-state index in [4.69, 9.17) is 5.73 Å². The zero-order valence-corrected chi connectivity index (χ0v) is 15.4. The third-order valence-electron chi connectivity index (χ3n) is 4.37. The van der Waals surface area contributed by atoms with E-state index < -0.39 is 22.1 Å². The molecule has 4 nitrogen and oxygen atoms in total. The van der Waals surface area contributed by atoms with E-state index in [0.29, 0.717) is 5.56 Å². The van der Waals surface area contributed by atoms with E-state index in [2.05, 4.69) is 4.72 Å². The van der Waals surface area contributed by atoms with Gasteiger partial charge in [-0.1, -0.05) is 78.9 Å². The normalized spacial score (nSPS) is 13.9. The van der Waals surface area contributed by atoms with Gasteiger partial charge in [0.2, 0.25) is 10.0 Å². The standard InChI is InChI=1S/C21H22N2O2S/c1-16-10-8-9-15-19(16)26(24,25)23-21(18-13-6-3-7-14-18)20(22)17-11-4-2-5-12-17/h2-15,20-21,23H,22H2,1H3/t20-,21-/m1/s1. The Hall–Kier alpha value is -2.47. The molecule has 0 radical (unpaired) electrons. The number of benzene rings is 3. The van der Waals surface area contributed by atoms with Crippen LogP contribution in [0.25, 0.3) is 0 Å². The summed E-state index contributed by atoms with van der Waals surface area (Å²) in [6, 6.07) is 24.7. The molecule has 3 aromatic carbocycles. The summed E-state index contributed by atoms with van der Waals surface area (Å²) in [5.74, 6) is 0. The van der Waals surface area contributed by atoms with Crippen LogP contribution in [0, 0.1) is 6.92 Å². The number of sulfonamides is 1. The first-order chi connectivity index (χ1) is 12.5. The molecular formula is C21H22N2O2S. The van der Waals surface area contributed by atoms with E-state index in [1.807, 2.05) is 66.7 Å². The Balaban J connectivity index is 2.01. The fourth-order valence-electron chi connectivity index (χ4n) is 2.97. The Morgan fingerprint density at radius 2 is 1.27 bits per heavy atom. The second-order valence-corrected chi connectivity index (χ2v) is 7.89. The molecule has 134 valence electrons. The molecule has 26 heavy (non-hydrogen) atoms. The first-order valence-corrected chi connectivity index (χ1v) is 9.91. The molecule has 0 fully saturated rings. The molecule has 0 aliphatic rings. The summed E-state index contributed by atoms with van der Waals surface area (Å²) in [4.78, 5) is 0.265. The van der Waals surface area contributed by atoms with Crippen molar-refractivity contribution in [3.05, 3.63) is 102 Å². The van der Waals surface area contributed by atoms with Crippen molar-refractivity contribution in [1.29, 1.82) is 0 Å². The molecule has 3 aromatic rings. The summed E-state index contributed by atoms with van der Waals surface area (Å²) in [6.07, 6.45) is 0. The lowest BCUT2D eigenvalue weighted by atomic mass is 9.95. The van der Waals surface area contributed by atoms with Gasteiger partial charge >= 0.3 is 0 Å². The zero-order chi connectivity index (χ0) is 18.6. The molecule has 0 spiro atoms. The van der Waals surface area contributed by atoms with Crippen LogP contribution in [0.1, 0.15) is 28.8 Å². The minimum absolute atomic E-state index is 0.265. The van der Waals surface area contributed by atoms with Crippen LogP contribution in [0.3, 0.4) is 0 Å². The van der Waals surface area contributed by atoms with Crippen LogP contribution in [0.4, 0.5) is 0 Å². The highest BCUT2D eigenvalue weighted by Crippen LogP contribution is 2.29. The molecule has 0 bridgehead atoms. The summed E-state index contributed by atoms with van der Waals surface area (Å²) < 4.78 is 28.8. The van der Waals surface area contributed by atoms with Crippen molar-refractivity contribution < 1.29 is 8.42 Å². The van der Waals surface area contributed by atoms with E-state index >= 15 is 0 Å². The van der Waals surface area contributed by atoms with Gasteiger partial charge in [0, 0.05) is 0 Å². The molecule has 3 rings (SSSR count). The molecule has 3 N–H and O–H groups in total. The molecule has 0 saturated heterocycles. The third-order valence-corrected chi connectivity index (χ3v) is 5.97.